The monoisotopic (exact) mass is 263 g/mol. The first-order valence-corrected chi connectivity index (χ1v) is 7.30. The summed E-state index contributed by atoms with van der Waals surface area (Å²) in [6.45, 7) is 2.10. The predicted molar refractivity (Wildman–Crippen MR) is 71.5 cm³/mol. The normalized spacial score (nSPS) is 15.9. The molecule has 0 saturated heterocycles. The quantitative estimate of drug-likeness (QED) is 0.920. The molecule has 0 amide bonds. The van der Waals surface area contributed by atoms with Crippen LogP contribution in [0.5, 0.6) is 0 Å². The second-order valence-electron chi connectivity index (χ2n) is 4.77. The smallest absolute Gasteiger partial charge is 0.268 e. The number of aryl methyl sites for hydroxylation is 2. The third kappa shape index (κ3) is 2.08. The lowest BCUT2D eigenvalue weighted by atomic mass is 10.2. The summed E-state index contributed by atoms with van der Waals surface area (Å²) in [7, 11) is 0. The molecule has 18 heavy (non-hydrogen) atoms. The van der Waals surface area contributed by atoms with E-state index in [0.717, 1.165) is 17.7 Å². The van der Waals surface area contributed by atoms with Gasteiger partial charge >= 0.3 is 0 Å². The molecule has 0 spiro atoms. The summed E-state index contributed by atoms with van der Waals surface area (Å²) in [4.78, 5) is 6.98. The fraction of sp³-hybridized carbons (Fsp3) is 0.538. The average Bonchev–Trinajstić information content (AvgIpc) is 3.03. The predicted octanol–water partition coefficient (Wildman–Crippen LogP) is 3.09. The molecule has 2 N–H and O–H groups in total. The molecular formula is C13H17N3OS. The van der Waals surface area contributed by atoms with Crippen molar-refractivity contribution in [3.05, 3.63) is 22.3 Å². The van der Waals surface area contributed by atoms with Gasteiger partial charge in [-0.25, -0.2) is 0 Å². The molecule has 96 valence electrons. The van der Waals surface area contributed by atoms with Crippen LogP contribution in [0.2, 0.25) is 0 Å². The van der Waals surface area contributed by atoms with Gasteiger partial charge in [-0.15, -0.1) is 11.3 Å². The van der Waals surface area contributed by atoms with Gasteiger partial charge in [-0.1, -0.05) is 18.5 Å². The lowest BCUT2D eigenvalue weighted by Crippen LogP contribution is -2.11. The Morgan fingerprint density at radius 1 is 1.50 bits per heavy atom. The minimum Gasteiger partial charge on any atom is -0.333 e. The Balaban J connectivity index is 1.84. The zero-order valence-electron chi connectivity index (χ0n) is 10.5. The Bertz CT molecular complexity index is 525. The zero-order valence-corrected chi connectivity index (χ0v) is 11.3. The van der Waals surface area contributed by atoms with E-state index in [0.29, 0.717) is 11.7 Å². The molecule has 2 heterocycles. The van der Waals surface area contributed by atoms with Crippen LogP contribution in [-0.2, 0) is 12.8 Å². The van der Waals surface area contributed by atoms with Gasteiger partial charge in [-0.05, 0) is 37.3 Å². The second-order valence-corrected chi connectivity index (χ2v) is 5.90. The average molecular weight is 263 g/mol. The minimum absolute atomic E-state index is 0.112. The van der Waals surface area contributed by atoms with Crippen LogP contribution < -0.4 is 5.73 Å². The highest BCUT2D eigenvalue weighted by molar-refractivity contribution is 7.15. The minimum atomic E-state index is -0.112. The maximum absolute atomic E-state index is 5.99. The number of aromatic nitrogens is 2. The maximum Gasteiger partial charge on any atom is 0.268 e. The van der Waals surface area contributed by atoms with Gasteiger partial charge in [0.05, 0.1) is 10.9 Å². The Kier molecular flexibility index (Phi) is 3.18. The van der Waals surface area contributed by atoms with Gasteiger partial charge in [0.25, 0.3) is 5.89 Å². The highest BCUT2D eigenvalue weighted by Gasteiger charge is 2.20. The molecule has 2 aromatic rings. The number of hydrogen-bond donors (Lipinski definition) is 1. The summed E-state index contributed by atoms with van der Waals surface area (Å²) in [5.41, 5.74) is 7.44. The van der Waals surface area contributed by atoms with Crippen molar-refractivity contribution in [2.24, 2.45) is 5.73 Å². The molecule has 1 unspecified atom stereocenters. The van der Waals surface area contributed by atoms with Crippen molar-refractivity contribution in [1.82, 2.24) is 10.1 Å². The SMILES string of the molecule is CCCC(N)c1noc(-c2cc3c(s2)CCC3)n1. The van der Waals surface area contributed by atoms with Gasteiger partial charge in [0.1, 0.15) is 0 Å². The number of rotatable bonds is 4. The number of thiophene rings is 1. The summed E-state index contributed by atoms with van der Waals surface area (Å²) < 4.78 is 5.32. The van der Waals surface area contributed by atoms with E-state index in [9.17, 15) is 0 Å². The Hall–Kier alpha value is -1.20. The molecule has 4 nitrogen and oxygen atoms in total. The van der Waals surface area contributed by atoms with E-state index in [1.807, 2.05) is 0 Å². The van der Waals surface area contributed by atoms with Crippen LogP contribution in [0.4, 0.5) is 0 Å². The summed E-state index contributed by atoms with van der Waals surface area (Å²) in [5.74, 6) is 1.25. The van der Waals surface area contributed by atoms with E-state index in [-0.39, 0.29) is 6.04 Å². The molecule has 2 aromatic heterocycles. The van der Waals surface area contributed by atoms with Crippen LogP contribution in [0.1, 0.15) is 48.5 Å². The Labute approximate surface area is 110 Å². The summed E-state index contributed by atoms with van der Waals surface area (Å²) in [6, 6.07) is 2.08. The van der Waals surface area contributed by atoms with E-state index in [1.54, 1.807) is 11.3 Å². The van der Waals surface area contributed by atoms with Crippen LogP contribution in [0.25, 0.3) is 10.8 Å². The van der Waals surface area contributed by atoms with Gasteiger partial charge in [0.15, 0.2) is 5.82 Å². The van der Waals surface area contributed by atoms with E-state index < -0.39 is 0 Å². The van der Waals surface area contributed by atoms with Crippen molar-refractivity contribution in [3.8, 4) is 10.8 Å². The molecule has 0 aliphatic heterocycles. The maximum atomic E-state index is 5.99. The van der Waals surface area contributed by atoms with Crippen molar-refractivity contribution in [2.75, 3.05) is 0 Å². The summed E-state index contributed by atoms with van der Waals surface area (Å²) in [6.07, 6.45) is 5.56. The molecule has 0 bridgehead atoms. The first-order chi connectivity index (χ1) is 8.78. The Morgan fingerprint density at radius 2 is 2.39 bits per heavy atom. The molecular weight excluding hydrogens is 246 g/mol. The van der Waals surface area contributed by atoms with E-state index >= 15 is 0 Å². The third-order valence-electron chi connectivity index (χ3n) is 3.33. The molecule has 0 saturated carbocycles. The highest BCUT2D eigenvalue weighted by Crippen LogP contribution is 2.36. The molecule has 0 radical (unpaired) electrons. The van der Waals surface area contributed by atoms with Gasteiger partial charge in [0, 0.05) is 4.88 Å². The summed E-state index contributed by atoms with van der Waals surface area (Å²) in [5, 5.41) is 3.99. The first kappa shape index (κ1) is 11.9. The van der Waals surface area contributed by atoms with Crippen LogP contribution in [0.3, 0.4) is 0 Å². The van der Waals surface area contributed by atoms with Gasteiger partial charge in [-0.3, -0.25) is 0 Å². The van der Waals surface area contributed by atoms with Crippen LogP contribution in [0.15, 0.2) is 10.6 Å². The van der Waals surface area contributed by atoms with Crippen LogP contribution >= 0.6 is 11.3 Å². The number of fused-ring (bicyclic) bond motifs is 1. The lowest BCUT2D eigenvalue weighted by molar-refractivity contribution is 0.414. The number of nitrogens with two attached hydrogens (primary N) is 1. The van der Waals surface area contributed by atoms with Crippen molar-refractivity contribution in [1.29, 1.82) is 0 Å². The number of hydrogen-bond acceptors (Lipinski definition) is 5. The largest absolute Gasteiger partial charge is 0.333 e. The van der Waals surface area contributed by atoms with Gasteiger partial charge in [-0.2, -0.15) is 4.98 Å². The lowest BCUT2D eigenvalue weighted by Gasteiger charge is -2.02. The fourth-order valence-electron chi connectivity index (χ4n) is 2.36. The standard InChI is InChI=1S/C13H17N3OS/c1-2-4-9(14)12-15-13(17-16-12)11-7-8-5-3-6-10(8)18-11/h7,9H,2-6,14H2,1H3. The number of nitrogens with zero attached hydrogens (tertiary/aromatic N) is 2. The van der Waals surface area contributed by atoms with E-state index in [4.69, 9.17) is 10.3 Å². The van der Waals surface area contributed by atoms with Crippen LogP contribution in [-0.4, -0.2) is 10.1 Å². The topological polar surface area (TPSA) is 64.9 Å². The summed E-state index contributed by atoms with van der Waals surface area (Å²) >= 11 is 1.78. The van der Waals surface area contributed by atoms with E-state index in [2.05, 4.69) is 23.1 Å². The highest BCUT2D eigenvalue weighted by atomic mass is 32.1. The first-order valence-electron chi connectivity index (χ1n) is 6.49. The van der Waals surface area contributed by atoms with Crippen LogP contribution in [0, 0.1) is 0 Å². The van der Waals surface area contributed by atoms with Gasteiger partial charge < -0.3 is 10.3 Å². The molecule has 3 rings (SSSR count). The third-order valence-corrected chi connectivity index (χ3v) is 4.56. The molecule has 5 heteroatoms. The molecule has 1 aliphatic carbocycles. The second kappa shape index (κ2) is 4.82. The van der Waals surface area contributed by atoms with Crippen molar-refractivity contribution < 1.29 is 4.52 Å². The van der Waals surface area contributed by atoms with Crippen molar-refractivity contribution >= 4 is 11.3 Å². The molecule has 1 aliphatic rings. The molecule has 0 fully saturated rings. The van der Waals surface area contributed by atoms with Crippen molar-refractivity contribution in [2.45, 2.75) is 45.1 Å². The fourth-order valence-corrected chi connectivity index (χ4v) is 3.54. The van der Waals surface area contributed by atoms with Crippen molar-refractivity contribution in [3.63, 3.8) is 0 Å². The molecule has 1 atom stereocenters. The zero-order chi connectivity index (χ0) is 12.5. The van der Waals surface area contributed by atoms with Gasteiger partial charge in [0.2, 0.25) is 0 Å². The molecule has 0 aromatic carbocycles. The van der Waals surface area contributed by atoms with E-state index in [1.165, 1.54) is 29.7 Å². The Morgan fingerprint density at radius 3 is 3.17 bits per heavy atom.